The van der Waals surface area contributed by atoms with Crippen molar-refractivity contribution in [3.8, 4) is 0 Å². The number of urea groups is 1. The SMILES string of the molecule is CCC(C)NC(=O)N1CCN(CCc2ccc(F)cc2)CC1. The Labute approximate surface area is 132 Å². The fourth-order valence-electron chi connectivity index (χ4n) is 2.52. The molecule has 1 N–H and O–H groups in total. The Kier molecular flexibility index (Phi) is 6.19. The highest BCUT2D eigenvalue weighted by molar-refractivity contribution is 5.74. The predicted molar refractivity (Wildman–Crippen MR) is 86.4 cm³/mol. The lowest BCUT2D eigenvalue weighted by Crippen LogP contribution is -2.53. The summed E-state index contributed by atoms with van der Waals surface area (Å²) in [6.45, 7) is 8.38. The van der Waals surface area contributed by atoms with E-state index in [1.807, 2.05) is 24.0 Å². The Morgan fingerprint density at radius 1 is 1.23 bits per heavy atom. The lowest BCUT2D eigenvalue weighted by molar-refractivity contribution is 0.138. The highest BCUT2D eigenvalue weighted by Crippen LogP contribution is 2.07. The van der Waals surface area contributed by atoms with Crippen molar-refractivity contribution in [3.05, 3.63) is 35.6 Å². The summed E-state index contributed by atoms with van der Waals surface area (Å²) in [6.07, 6.45) is 1.86. The van der Waals surface area contributed by atoms with Crippen LogP contribution in [-0.4, -0.2) is 54.6 Å². The smallest absolute Gasteiger partial charge is 0.317 e. The molecule has 0 saturated carbocycles. The molecule has 0 aliphatic carbocycles. The van der Waals surface area contributed by atoms with Crippen LogP contribution in [0.3, 0.4) is 0 Å². The second-order valence-corrected chi connectivity index (χ2v) is 5.96. The third kappa shape index (κ3) is 4.98. The van der Waals surface area contributed by atoms with Gasteiger partial charge in [0.05, 0.1) is 0 Å². The molecule has 1 unspecified atom stereocenters. The maximum Gasteiger partial charge on any atom is 0.317 e. The number of rotatable bonds is 5. The average Bonchev–Trinajstić information content (AvgIpc) is 2.54. The van der Waals surface area contributed by atoms with E-state index in [9.17, 15) is 9.18 Å². The molecule has 1 heterocycles. The number of amides is 2. The van der Waals surface area contributed by atoms with Crippen LogP contribution in [0.5, 0.6) is 0 Å². The molecule has 4 nitrogen and oxygen atoms in total. The molecule has 2 amide bonds. The summed E-state index contributed by atoms with van der Waals surface area (Å²) in [5.41, 5.74) is 1.15. The van der Waals surface area contributed by atoms with Gasteiger partial charge < -0.3 is 10.2 Å². The van der Waals surface area contributed by atoms with Crippen LogP contribution >= 0.6 is 0 Å². The van der Waals surface area contributed by atoms with Gasteiger partial charge in [0.1, 0.15) is 5.82 Å². The van der Waals surface area contributed by atoms with Crippen molar-refractivity contribution in [1.29, 1.82) is 0 Å². The summed E-state index contributed by atoms with van der Waals surface area (Å²) in [5.74, 6) is -0.190. The zero-order valence-electron chi connectivity index (χ0n) is 13.5. The summed E-state index contributed by atoms with van der Waals surface area (Å²) in [7, 11) is 0. The maximum atomic E-state index is 12.9. The van der Waals surface area contributed by atoms with Crippen molar-refractivity contribution in [2.45, 2.75) is 32.7 Å². The number of nitrogens with one attached hydrogen (secondary N) is 1. The van der Waals surface area contributed by atoms with E-state index >= 15 is 0 Å². The first kappa shape index (κ1) is 16.7. The highest BCUT2D eigenvalue weighted by atomic mass is 19.1. The third-order valence-electron chi connectivity index (χ3n) is 4.27. The van der Waals surface area contributed by atoms with Gasteiger partial charge in [0.2, 0.25) is 0 Å². The molecule has 0 bridgehead atoms. The minimum Gasteiger partial charge on any atom is -0.336 e. The van der Waals surface area contributed by atoms with E-state index in [0.29, 0.717) is 0 Å². The van der Waals surface area contributed by atoms with E-state index in [4.69, 9.17) is 0 Å². The van der Waals surface area contributed by atoms with Gasteiger partial charge in [0.15, 0.2) is 0 Å². The van der Waals surface area contributed by atoms with Crippen LogP contribution in [0.4, 0.5) is 9.18 Å². The normalized spacial score (nSPS) is 17.3. The highest BCUT2D eigenvalue weighted by Gasteiger charge is 2.21. The molecule has 2 rings (SSSR count). The van der Waals surface area contributed by atoms with E-state index in [1.165, 1.54) is 12.1 Å². The van der Waals surface area contributed by atoms with E-state index in [2.05, 4.69) is 17.1 Å². The van der Waals surface area contributed by atoms with E-state index in [-0.39, 0.29) is 17.9 Å². The largest absolute Gasteiger partial charge is 0.336 e. The second kappa shape index (κ2) is 8.13. The minimum atomic E-state index is -0.190. The quantitative estimate of drug-likeness (QED) is 0.907. The molecule has 1 atom stereocenters. The fourth-order valence-corrected chi connectivity index (χ4v) is 2.52. The lowest BCUT2D eigenvalue weighted by atomic mass is 10.1. The van der Waals surface area contributed by atoms with Crippen molar-refractivity contribution in [2.24, 2.45) is 0 Å². The van der Waals surface area contributed by atoms with Gasteiger partial charge >= 0.3 is 6.03 Å². The first-order valence-corrected chi connectivity index (χ1v) is 8.10. The molecule has 0 spiro atoms. The van der Waals surface area contributed by atoms with E-state index in [1.54, 1.807) is 0 Å². The van der Waals surface area contributed by atoms with Gasteiger partial charge in [-0.2, -0.15) is 0 Å². The third-order valence-corrected chi connectivity index (χ3v) is 4.27. The van der Waals surface area contributed by atoms with Crippen molar-refractivity contribution < 1.29 is 9.18 Å². The molecule has 0 aromatic heterocycles. The standard InChI is InChI=1S/C17H26FN3O/c1-3-14(2)19-17(22)21-12-10-20(11-13-21)9-8-15-4-6-16(18)7-5-15/h4-7,14H,3,8-13H2,1-2H3,(H,19,22). The Hall–Kier alpha value is -1.62. The summed E-state index contributed by atoms with van der Waals surface area (Å²) in [4.78, 5) is 16.3. The van der Waals surface area contributed by atoms with Gasteiger partial charge in [0.25, 0.3) is 0 Å². The number of nitrogens with zero attached hydrogens (tertiary/aromatic N) is 2. The first-order chi connectivity index (χ1) is 10.6. The Bertz CT molecular complexity index is 469. The molecule has 0 radical (unpaired) electrons. The van der Waals surface area contributed by atoms with Crippen LogP contribution in [0.1, 0.15) is 25.8 Å². The van der Waals surface area contributed by atoms with Crippen LogP contribution < -0.4 is 5.32 Å². The minimum absolute atomic E-state index is 0.0486. The van der Waals surface area contributed by atoms with E-state index in [0.717, 1.165) is 51.1 Å². The number of carbonyl (C=O) groups is 1. The number of carbonyl (C=O) groups excluding carboxylic acids is 1. The molecule has 1 aliphatic heterocycles. The van der Waals surface area contributed by atoms with Crippen LogP contribution in [-0.2, 0) is 6.42 Å². The summed E-state index contributed by atoms with van der Waals surface area (Å²) in [6, 6.07) is 6.96. The second-order valence-electron chi connectivity index (χ2n) is 5.96. The Morgan fingerprint density at radius 2 is 1.86 bits per heavy atom. The summed E-state index contributed by atoms with van der Waals surface area (Å²) >= 11 is 0. The van der Waals surface area contributed by atoms with Crippen molar-refractivity contribution >= 4 is 6.03 Å². The number of benzene rings is 1. The zero-order chi connectivity index (χ0) is 15.9. The monoisotopic (exact) mass is 307 g/mol. The Balaban J connectivity index is 1.70. The fraction of sp³-hybridized carbons (Fsp3) is 0.588. The molecule has 1 fully saturated rings. The zero-order valence-corrected chi connectivity index (χ0v) is 13.5. The van der Waals surface area contributed by atoms with Gasteiger partial charge in [-0.1, -0.05) is 19.1 Å². The van der Waals surface area contributed by atoms with Crippen molar-refractivity contribution in [1.82, 2.24) is 15.1 Å². The van der Waals surface area contributed by atoms with Gasteiger partial charge in [-0.15, -0.1) is 0 Å². The molecule has 1 aliphatic rings. The molecule has 1 aromatic carbocycles. The number of hydrogen-bond donors (Lipinski definition) is 1. The number of piperazine rings is 1. The van der Waals surface area contributed by atoms with Gasteiger partial charge in [0, 0.05) is 38.8 Å². The van der Waals surface area contributed by atoms with Crippen LogP contribution in [0, 0.1) is 5.82 Å². The lowest BCUT2D eigenvalue weighted by Gasteiger charge is -2.35. The van der Waals surface area contributed by atoms with Crippen LogP contribution in [0.2, 0.25) is 0 Å². The maximum absolute atomic E-state index is 12.9. The molecule has 22 heavy (non-hydrogen) atoms. The molecular formula is C17H26FN3O. The first-order valence-electron chi connectivity index (χ1n) is 8.10. The van der Waals surface area contributed by atoms with Crippen molar-refractivity contribution in [2.75, 3.05) is 32.7 Å². The van der Waals surface area contributed by atoms with Crippen molar-refractivity contribution in [3.63, 3.8) is 0 Å². The molecule has 1 saturated heterocycles. The average molecular weight is 307 g/mol. The summed E-state index contributed by atoms with van der Waals surface area (Å²) < 4.78 is 12.9. The topological polar surface area (TPSA) is 35.6 Å². The van der Waals surface area contributed by atoms with Gasteiger partial charge in [-0.05, 0) is 37.5 Å². The molecule has 5 heteroatoms. The summed E-state index contributed by atoms with van der Waals surface area (Å²) in [5, 5.41) is 3.01. The molecule has 122 valence electrons. The number of halogens is 1. The van der Waals surface area contributed by atoms with Crippen LogP contribution in [0.15, 0.2) is 24.3 Å². The van der Waals surface area contributed by atoms with Gasteiger partial charge in [-0.25, -0.2) is 9.18 Å². The predicted octanol–water partition coefficient (Wildman–Crippen LogP) is 2.49. The molecule has 1 aromatic rings. The Morgan fingerprint density at radius 3 is 2.45 bits per heavy atom. The van der Waals surface area contributed by atoms with Crippen LogP contribution in [0.25, 0.3) is 0 Å². The van der Waals surface area contributed by atoms with E-state index < -0.39 is 0 Å². The van der Waals surface area contributed by atoms with Gasteiger partial charge in [-0.3, -0.25) is 4.90 Å². The number of hydrogen-bond acceptors (Lipinski definition) is 2. The molecular weight excluding hydrogens is 281 g/mol.